The first-order valence-electron chi connectivity index (χ1n) is 15.2. The molecule has 0 aromatic heterocycles. The van der Waals surface area contributed by atoms with Crippen molar-refractivity contribution in [3.8, 4) is 5.75 Å². The molecule has 216 valence electrons. The highest BCUT2D eigenvalue weighted by Crippen LogP contribution is 2.36. The summed E-state index contributed by atoms with van der Waals surface area (Å²) < 4.78 is 5.37. The number of amides is 2. The molecule has 7 nitrogen and oxygen atoms in total. The molecule has 3 unspecified atom stereocenters. The average Bonchev–Trinajstić information content (AvgIpc) is 3.84. The Kier molecular flexibility index (Phi) is 9.43. The number of ether oxygens (including phenoxy) is 1. The number of hydrogen-bond donors (Lipinski definition) is 2. The predicted molar refractivity (Wildman–Crippen MR) is 158 cm³/mol. The van der Waals surface area contributed by atoms with Crippen LogP contribution in [-0.4, -0.2) is 66.5 Å². The lowest BCUT2D eigenvalue weighted by molar-refractivity contribution is -0.128. The first-order chi connectivity index (χ1) is 19.5. The van der Waals surface area contributed by atoms with Crippen LogP contribution in [0.3, 0.4) is 0 Å². The van der Waals surface area contributed by atoms with Gasteiger partial charge in [-0.25, -0.2) is 0 Å². The van der Waals surface area contributed by atoms with Crippen molar-refractivity contribution in [2.24, 2.45) is 17.6 Å². The Morgan fingerprint density at radius 1 is 1.00 bits per heavy atom. The predicted octanol–water partition coefficient (Wildman–Crippen LogP) is 4.52. The molecule has 1 aliphatic heterocycles. The van der Waals surface area contributed by atoms with Gasteiger partial charge in [-0.2, -0.15) is 0 Å². The Balaban J connectivity index is 1.34. The van der Waals surface area contributed by atoms with Crippen molar-refractivity contribution in [1.82, 2.24) is 15.1 Å². The van der Waals surface area contributed by atoms with Crippen molar-refractivity contribution < 1.29 is 14.3 Å². The van der Waals surface area contributed by atoms with Gasteiger partial charge in [-0.15, -0.1) is 0 Å². The van der Waals surface area contributed by atoms with E-state index >= 15 is 0 Å². The number of aryl methyl sites for hydroxylation is 1. The molecule has 3 aliphatic rings. The van der Waals surface area contributed by atoms with Crippen LogP contribution in [0.1, 0.15) is 72.9 Å². The summed E-state index contributed by atoms with van der Waals surface area (Å²) in [4.78, 5) is 32.1. The highest BCUT2D eigenvalue weighted by molar-refractivity contribution is 5.98. The number of methoxy groups -OCH3 is 1. The smallest absolute Gasteiger partial charge is 0.254 e. The van der Waals surface area contributed by atoms with Crippen LogP contribution < -0.4 is 15.8 Å². The van der Waals surface area contributed by atoms with Crippen molar-refractivity contribution in [2.45, 2.75) is 83.0 Å². The molecule has 0 radical (unpaired) electrons. The summed E-state index contributed by atoms with van der Waals surface area (Å²) in [6.07, 6.45) is 8.48. The van der Waals surface area contributed by atoms with E-state index < -0.39 is 6.04 Å². The SMILES string of the molecule is COc1cccc(C(=O)N2CCC(N(Cc3ccccc3C)C3CC3)C[C@@H]2C(=O)NCC2CCCC(CN)C2)c1. The number of piperidine rings is 1. The van der Waals surface area contributed by atoms with E-state index in [1.807, 2.05) is 23.1 Å². The summed E-state index contributed by atoms with van der Waals surface area (Å²) in [7, 11) is 1.60. The Hall–Kier alpha value is -2.90. The third kappa shape index (κ3) is 6.87. The molecule has 40 heavy (non-hydrogen) atoms. The minimum Gasteiger partial charge on any atom is -0.497 e. The van der Waals surface area contributed by atoms with E-state index in [0.717, 1.165) is 32.4 Å². The fraction of sp³-hybridized carbons (Fsp3) is 0.576. The Morgan fingerprint density at radius 3 is 2.55 bits per heavy atom. The average molecular weight is 547 g/mol. The van der Waals surface area contributed by atoms with Gasteiger partial charge in [0.2, 0.25) is 5.91 Å². The summed E-state index contributed by atoms with van der Waals surface area (Å²) in [5.74, 6) is 1.52. The monoisotopic (exact) mass is 546 g/mol. The zero-order chi connectivity index (χ0) is 28.1. The molecule has 2 aromatic rings. The van der Waals surface area contributed by atoms with Gasteiger partial charge in [0, 0.05) is 37.3 Å². The fourth-order valence-electron chi connectivity index (χ4n) is 6.77. The van der Waals surface area contributed by atoms with Gasteiger partial charge in [0.05, 0.1) is 7.11 Å². The molecule has 2 aliphatic carbocycles. The van der Waals surface area contributed by atoms with Gasteiger partial charge < -0.3 is 20.7 Å². The van der Waals surface area contributed by atoms with Gasteiger partial charge in [-0.3, -0.25) is 14.5 Å². The van der Waals surface area contributed by atoms with E-state index in [9.17, 15) is 9.59 Å². The van der Waals surface area contributed by atoms with E-state index in [1.165, 1.54) is 36.8 Å². The summed E-state index contributed by atoms with van der Waals surface area (Å²) in [5, 5.41) is 3.27. The van der Waals surface area contributed by atoms with E-state index in [1.54, 1.807) is 13.2 Å². The van der Waals surface area contributed by atoms with Crippen molar-refractivity contribution in [2.75, 3.05) is 26.7 Å². The van der Waals surface area contributed by atoms with Crippen molar-refractivity contribution in [3.05, 3.63) is 65.2 Å². The Morgan fingerprint density at radius 2 is 1.80 bits per heavy atom. The largest absolute Gasteiger partial charge is 0.497 e. The molecule has 1 saturated heterocycles. The molecule has 1 heterocycles. The summed E-state index contributed by atoms with van der Waals surface area (Å²) in [6, 6.07) is 16.2. The Bertz CT molecular complexity index is 1170. The van der Waals surface area contributed by atoms with Gasteiger partial charge in [-0.1, -0.05) is 36.8 Å². The maximum absolute atomic E-state index is 13.9. The third-order valence-electron chi connectivity index (χ3n) is 9.34. The van der Waals surface area contributed by atoms with Gasteiger partial charge in [-0.05, 0) is 99.6 Å². The minimum absolute atomic E-state index is 0.0255. The molecule has 4 atom stereocenters. The molecule has 2 amide bonds. The maximum Gasteiger partial charge on any atom is 0.254 e. The molecule has 3 fully saturated rings. The molecule has 0 spiro atoms. The number of nitrogens with two attached hydrogens (primary N) is 1. The van der Waals surface area contributed by atoms with Crippen LogP contribution in [0.15, 0.2) is 48.5 Å². The van der Waals surface area contributed by atoms with Crippen LogP contribution in [-0.2, 0) is 11.3 Å². The van der Waals surface area contributed by atoms with E-state index in [-0.39, 0.29) is 17.9 Å². The number of nitrogens with one attached hydrogen (secondary N) is 1. The number of carbonyl (C=O) groups is 2. The van der Waals surface area contributed by atoms with Gasteiger partial charge in [0.1, 0.15) is 11.8 Å². The number of likely N-dealkylation sites (tertiary alicyclic amines) is 1. The third-order valence-corrected chi connectivity index (χ3v) is 9.34. The molecule has 5 rings (SSSR count). The number of carbonyl (C=O) groups excluding carboxylic acids is 2. The van der Waals surface area contributed by atoms with Crippen molar-refractivity contribution in [1.29, 1.82) is 0 Å². The van der Waals surface area contributed by atoms with E-state index in [2.05, 4.69) is 41.4 Å². The lowest BCUT2D eigenvalue weighted by Gasteiger charge is -2.43. The van der Waals surface area contributed by atoms with Gasteiger partial charge in [0.25, 0.3) is 5.91 Å². The maximum atomic E-state index is 13.9. The van der Waals surface area contributed by atoms with Crippen LogP contribution in [0.4, 0.5) is 0 Å². The van der Waals surface area contributed by atoms with Gasteiger partial charge in [0.15, 0.2) is 0 Å². The van der Waals surface area contributed by atoms with Crippen molar-refractivity contribution >= 4 is 11.8 Å². The van der Waals surface area contributed by atoms with Crippen LogP contribution in [0.25, 0.3) is 0 Å². The molecule has 0 bridgehead atoms. The number of rotatable bonds is 10. The highest BCUT2D eigenvalue weighted by Gasteiger charge is 2.42. The van der Waals surface area contributed by atoms with Crippen molar-refractivity contribution in [3.63, 3.8) is 0 Å². The molecule has 7 heteroatoms. The molecule has 2 saturated carbocycles. The van der Waals surface area contributed by atoms with E-state index in [4.69, 9.17) is 10.5 Å². The molecular formula is C33H46N4O3. The minimum atomic E-state index is -0.496. The molecule has 3 N–H and O–H groups in total. The zero-order valence-corrected chi connectivity index (χ0v) is 24.2. The van der Waals surface area contributed by atoms with Gasteiger partial charge >= 0.3 is 0 Å². The summed E-state index contributed by atoms with van der Waals surface area (Å²) >= 11 is 0. The normalized spacial score (nSPS) is 25.1. The number of benzene rings is 2. The van der Waals surface area contributed by atoms with Crippen LogP contribution in [0, 0.1) is 18.8 Å². The highest BCUT2D eigenvalue weighted by atomic mass is 16.5. The Labute approximate surface area is 239 Å². The zero-order valence-electron chi connectivity index (χ0n) is 24.2. The first-order valence-corrected chi connectivity index (χ1v) is 15.2. The van der Waals surface area contributed by atoms with Crippen LogP contribution >= 0.6 is 0 Å². The van der Waals surface area contributed by atoms with Crippen LogP contribution in [0.5, 0.6) is 5.75 Å². The first kappa shape index (κ1) is 28.6. The summed E-state index contributed by atoms with van der Waals surface area (Å²) in [6.45, 7) is 5.01. The molecular weight excluding hydrogens is 500 g/mol. The topological polar surface area (TPSA) is 87.9 Å². The second-order valence-electron chi connectivity index (χ2n) is 12.1. The van der Waals surface area contributed by atoms with E-state index in [0.29, 0.717) is 48.7 Å². The fourth-order valence-corrected chi connectivity index (χ4v) is 6.77. The second-order valence-corrected chi connectivity index (χ2v) is 12.1. The quantitative estimate of drug-likeness (QED) is 0.458. The lowest BCUT2D eigenvalue weighted by atomic mass is 9.81. The standard InChI is InChI=1S/C33H46N4O3/c1-23-7-3-4-10-27(23)22-37(28-13-14-28)29-15-16-36(33(39)26-11-6-12-30(18-26)40-2)31(19-29)32(38)35-21-25-9-5-8-24(17-25)20-34/h3-4,6-7,10-12,18,24-25,28-29,31H,5,8-9,13-17,19-22,34H2,1-2H3,(H,35,38)/t24?,25?,29?,31-/m1/s1. The second kappa shape index (κ2) is 13.2. The molecule has 2 aromatic carbocycles. The number of nitrogens with zero attached hydrogens (tertiary/aromatic N) is 2. The number of hydrogen-bond acceptors (Lipinski definition) is 5. The lowest BCUT2D eigenvalue weighted by Crippen LogP contribution is -2.58. The summed E-state index contributed by atoms with van der Waals surface area (Å²) in [5.41, 5.74) is 9.17. The van der Waals surface area contributed by atoms with Crippen LogP contribution in [0.2, 0.25) is 0 Å².